The van der Waals surface area contributed by atoms with Gasteiger partial charge in [0.15, 0.2) is 17.6 Å². The van der Waals surface area contributed by atoms with E-state index in [2.05, 4.69) is 15.6 Å². The summed E-state index contributed by atoms with van der Waals surface area (Å²) in [4.78, 5) is 10.9. The van der Waals surface area contributed by atoms with Crippen molar-refractivity contribution in [1.82, 2.24) is 15.6 Å². The molecule has 3 rings (SSSR count). The SMILES string of the molecule is CCNC(=NCc1ccc(OC(C)C)cc1)NC1CCN(c2ncccc2F)C1.I. The molecule has 1 aromatic heterocycles. The average molecular weight is 527 g/mol. The van der Waals surface area contributed by atoms with E-state index in [1.165, 1.54) is 6.07 Å². The van der Waals surface area contributed by atoms with Crippen LogP contribution in [0.1, 0.15) is 32.8 Å². The molecule has 1 saturated heterocycles. The van der Waals surface area contributed by atoms with Gasteiger partial charge in [-0.05, 0) is 57.0 Å². The van der Waals surface area contributed by atoms with Gasteiger partial charge in [-0.2, -0.15) is 0 Å². The van der Waals surface area contributed by atoms with Crippen LogP contribution in [-0.2, 0) is 6.54 Å². The molecule has 1 fully saturated rings. The lowest BCUT2D eigenvalue weighted by Gasteiger charge is -2.20. The molecule has 30 heavy (non-hydrogen) atoms. The maximum atomic E-state index is 14.0. The molecule has 0 radical (unpaired) electrons. The summed E-state index contributed by atoms with van der Waals surface area (Å²) in [6.45, 7) is 8.88. The number of aromatic nitrogens is 1. The Balaban J connectivity index is 0.00000320. The van der Waals surface area contributed by atoms with Crippen LogP contribution in [0.2, 0.25) is 0 Å². The Morgan fingerprint density at radius 1 is 1.30 bits per heavy atom. The lowest BCUT2D eigenvalue weighted by Crippen LogP contribution is -2.44. The highest BCUT2D eigenvalue weighted by molar-refractivity contribution is 14.0. The van der Waals surface area contributed by atoms with E-state index >= 15 is 0 Å². The zero-order valence-corrected chi connectivity index (χ0v) is 20.1. The number of aliphatic imine (C=N–C) groups is 1. The maximum absolute atomic E-state index is 14.0. The fourth-order valence-electron chi connectivity index (χ4n) is 3.31. The van der Waals surface area contributed by atoms with E-state index in [4.69, 9.17) is 9.73 Å². The van der Waals surface area contributed by atoms with Crippen molar-refractivity contribution in [2.24, 2.45) is 4.99 Å². The first-order valence-electron chi connectivity index (χ1n) is 10.2. The van der Waals surface area contributed by atoms with Crippen molar-refractivity contribution in [3.8, 4) is 5.75 Å². The third-order valence-electron chi connectivity index (χ3n) is 4.63. The second kappa shape index (κ2) is 11.9. The summed E-state index contributed by atoms with van der Waals surface area (Å²) in [6.07, 6.45) is 2.69. The van der Waals surface area contributed by atoms with Gasteiger partial charge >= 0.3 is 0 Å². The summed E-state index contributed by atoms with van der Waals surface area (Å²) >= 11 is 0. The summed E-state index contributed by atoms with van der Waals surface area (Å²) in [6, 6.07) is 11.3. The molecule has 1 aliphatic rings. The number of anilines is 1. The van der Waals surface area contributed by atoms with Crippen LogP contribution in [0.25, 0.3) is 0 Å². The quantitative estimate of drug-likeness (QED) is 0.325. The normalized spacial score (nSPS) is 16.4. The number of guanidine groups is 1. The molecule has 0 amide bonds. The van der Waals surface area contributed by atoms with Crippen LogP contribution < -0.4 is 20.3 Å². The monoisotopic (exact) mass is 527 g/mol. The standard InChI is InChI=1S/C22H30FN5O.HI/c1-4-24-22(26-14-17-7-9-19(10-8-17)29-16(2)3)27-18-11-13-28(15-18)21-20(23)6-5-12-25-21;/h5-10,12,16,18H,4,11,13-15H2,1-3H3,(H2,24,26,27);1H. The van der Waals surface area contributed by atoms with E-state index in [1.54, 1.807) is 12.3 Å². The lowest BCUT2D eigenvalue weighted by atomic mass is 10.2. The topological polar surface area (TPSA) is 61.8 Å². The molecule has 8 heteroatoms. The van der Waals surface area contributed by atoms with E-state index in [0.29, 0.717) is 18.9 Å². The minimum atomic E-state index is -0.279. The van der Waals surface area contributed by atoms with Crippen LogP contribution >= 0.6 is 24.0 Å². The maximum Gasteiger partial charge on any atom is 0.191 e. The first-order chi connectivity index (χ1) is 14.0. The van der Waals surface area contributed by atoms with Gasteiger partial charge in [0.25, 0.3) is 0 Å². The minimum absolute atomic E-state index is 0. The number of hydrogen-bond acceptors (Lipinski definition) is 4. The molecular weight excluding hydrogens is 496 g/mol. The van der Waals surface area contributed by atoms with Gasteiger partial charge in [-0.25, -0.2) is 14.4 Å². The molecule has 0 bridgehead atoms. The summed E-state index contributed by atoms with van der Waals surface area (Å²) in [5, 5.41) is 6.76. The average Bonchev–Trinajstić information content (AvgIpc) is 3.15. The number of benzene rings is 1. The van der Waals surface area contributed by atoms with Crippen molar-refractivity contribution in [3.63, 3.8) is 0 Å². The van der Waals surface area contributed by atoms with E-state index in [-0.39, 0.29) is 41.9 Å². The van der Waals surface area contributed by atoms with Crippen molar-refractivity contribution in [3.05, 3.63) is 54.0 Å². The van der Waals surface area contributed by atoms with Crippen LogP contribution in [0.5, 0.6) is 5.75 Å². The molecule has 6 nitrogen and oxygen atoms in total. The third kappa shape index (κ3) is 7.00. The molecule has 0 aliphatic carbocycles. The number of ether oxygens (including phenoxy) is 1. The van der Waals surface area contributed by atoms with E-state index < -0.39 is 0 Å². The fourth-order valence-corrected chi connectivity index (χ4v) is 3.31. The van der Waals surface area contributed by atoms with Gasteiger partial charge in [0.05, 0.1) is 12.6 Å². The Morgan fingerprint density at radius 2 is 2.07 bits per heavy atom. The Labute approximate surface area is 195 Å². The van der Waals surface area contributed by atoms with Crippen LogP contribution in [0.4, 0.5) is 10.2 Å². The van der Waals surface area contributed by atoms with Crippen molar-refractivity contribution < 1.29 is 9.13 Å². The predicted molar refractivity (Wildman–Crippen MR) is 130 cm³/mol. The van der Waals surface area contributed by atoms with Crippen LogP contribution in [0.3, 0.4) is 0 Å². The number of hydrogen-bond donors (Lipinski definition) is 2. The number of nitrogens with one attached hydrogen (secondary N) is 2. The Kier molecular flexibility index (Phi) is 9.61. The molecule has 1 aromatic carbocycles. The molecule has 2 N–H and O–H groups in total. The molecule has 0 spiro atoms. The van der Waals surface area contributed by atoms with Crippen LogP contribution in [0.15, 0.2) is 47.6 Å². The summed E-state index contributed by atoms with van der Waals surface area (Å²) < 4.78 is 19.7. The highest BCUT2D eigenvalue weighted by Crippen LogP contribution is 2.20. The van der Waals surface area contributed by atoms with Crippen molar-refractivity contribution in [2.75, 3.05) is 24.5 Å². The predicted octanol–water partition coefficient (Wildman–Crippen LogP) is 3.96. The Bertz CT molecular complexity index is 815. The molecule has 1 atom stereocenters. The largest absolute Gasteiger partial charge is 0.491 e. The zero-order valence-electron chi connectivity index (χ0n) is 17.8. The summed E-state index contributed by atoms with van der Waals surface area (Å²) in [5.41, 5.74) is 1.11. The first kappa shape index (κ1) is 24.2. The Hall–Kier alpha value is -2.10. The highest BCUT2D eigenvalue weighted by atomic mass is 127. The van der Waals surface area contributed by atoms with Gasteiger partial charge in [0.2, 0.25) is 0 Å². The van der Waals surface area contributed by atoms with E-state index in [1.807, 2.05) is 49.9 Å². The second-order valence-electron chi connectivity index (χ2n) is 7.39. The van der Waals surface area contributed by atoms with Gasteiger partial charge in [-0.3, -0.25) is 0 Å². The molecule has 1 aliphatic heterocycles. The van der Waals surface area contributed by atoms with Gasteiger partial charge in [0.1, 0.15) is 5.75 Å². The van der Waals surface area contributed by atoms with Crippen molar-refractivity contribution >= 4 is 35.8 Å². The van der Waals surface area contributed by atoms with Crippen molar-refractivity contribution in [1.29, 1.82) is 0 Å². The van der Waals surface area contributed by atoms with Gasteiger partial charge in [-0.15, -0.1) is 24.0 Å². The first-order valence-corrected chi connectivity index (χ1v) is 10.2. The summed E-state index contributed by atoms with van der Waals surface area (Å²) in [5.74, 6) is 1.77. The number of nitrogens with zero attached hydrogens (tertiary/aromatic N) is 3. The molecular formula is C22H31FIN5O. The minimum Gasteiger partial charge on any atom is -0.491 e. The molecule has 0 saturated carbocycles. The van der Waals surface area contributed by atoms with Crippen LogP contribution in [0, 0.1) is 5.82 Å². The molecule has 1 unspecified atom stereocenters. The molecule has 164 valence electrons. The number of pyridine rings is 1. The number of halogens is 2. The number of rotatable bonds is 7. The van der Waals surface area contributed by atoms with E-state index in [0.717, 1.165) is 36.8 Å². The van der Waals surface area contributed by atoms with Gasteiger partial charge in [0, 0.05) is 31.9 Å². The Morgan fingerprint density at radius 3 is 2.73 bits per heavy atom. The molecule has 2 aromatic rings. The van der Waals surface area contributed by atoms with Crippen LogP contribution in [-0.4, -0.2) is 42.7 Å². The van der Waals surface area contributed by atoms with Crippen molar-refractivity contribution in [2.45, 2.75) is 45.9 Å². The molecule has 2 heterocycles. The third-order valence-corrected chi connectivity index (χ3v) is 4.63. The van der Waals surface area contributed by atoms with E-state index in [9.17, 15) is 4.39 Å². The fraction of sp³-hybridized carbons (Fsp3) is 0.455. The van der Waals surface area contributed by atoms with Gasteiger partial charge < -0.3 is 20.3 Å². The lowest BCUT2D eigenvalue weighted by molar-refractivity contribution is 0.242. The second-order valence-corrected chi connectivity index (χ2v) is 7.39. The zero-order chi connectivity index (χ0) is 20.6. The summed E-state index contributed by atoms with van der Waals surface area (Å²) in [7, 11) is 0. The smallest absolute Gasteiger partial charge is 0.191 e. The van der Waals surface area contributed by atoms with Gasteiger partial charge in [-0.1, -0.05) is 12.1 Å². The highest BCUT2D eigenvalue weighted by Gasteiger charge is 2.25.